The summed E-state index contributed by atoms with van der Waals surface area (Å²) in [7, 11) is 0. The number of hydrogen-bond donors (Lipinski definition) is 3. The Kier molecular flexibility index (Phi) is 2.94. The van der Waals surface area contributed by atoms with Crippen LogP contribution in [0.3, 0.4) is 0 Å². The van der Waals surface area contributed by atoms with Crippen LogP contribution in [0.25, 0.3) is 0 Å². The first-order chi connectivity index (χ1) is 5.70. The lowest BCUT2D eigenvalue weighted by Crippen LogP contribution is -2.06. The molecule has 1 aromatic heterocycles. The van der Waals surface area contributed by atoms with E-state index in [9.17, 15) is 0 Å². The highest BCUT2D eigenvalue weighted by Gasteiger charge is 2.06. The summed E-state index contributed by atoms with van der Waals surface area (Å²) >= 11 is 4.19. The van der Waals surface area contributed by atoms with Crippen LogP contribution in [0.15, 0.2) is 6.20 Å². The molecule has 0 saturated carbocycles. The van der Waals surface area contributed by atoms with Crippen molar-refractivity contribution in [2.45, 2.75) is 19.2 Å². The number of hydrogen-bond acceptors (Lipinski definition) is 4. The summed E-state index contributed by atoms with van der Waals surface area (Å²) in [6.07, 6.45) is 1.76. The van der Waals surface area contributed by atoms with Crippen LogP contribution in [-0.2, 0) is 12.3 Å². The molecule has 66 valence electrons. The minimum atomic E-state index is 0.466. The standard InChI is InChI=1S/C8H13N3S/c1-5-8(10)7(4-12)6(2-9)3-11-5/h3,12H,2,4,9-10H2,1H3. The molecule has 0 atom stereocenters. The predicted molar refractivity (Wildman–Crippen MR) is 54.0 cm³/mol. The summed E-state index contributed by atoms with van der Waals surface area (Å²) in [4.78, 5) is 4.12. The third-order valence-electron chi connectivity index (χ3n) is 1.89. The topological polar surface area (TPSA) is 64.9 Å². The van der Waals surface area contributed by atoms with Gasteiger partial charge in [-0.3, -0.25) is 4.98 Å². The Hall–Kier alpha value is -0.740. The molecule has 12 heavy (non-hydrogen) atoms. The number of thiol groups is 1. The van der Waals surface area contributed by atoms with Crippen molar-refractivity contribution in [1.82, 2.24) is 4.98 Å². The van der Waals surface area contributed by atoms with Crippen molar-refractivity contribution in [2.75, 3.05) is 5.73 Å². The third-order valence-corrected chi connectivity index (χ3v) is 2.21. The summed E-state index contributed by atoms with van der Waals surface area (Å²) in [6.45, 7) is 2.34. The first-order valence-corrected chi connectivity index (χ1v) is 4.37. The lowest BCUT2D eigenvalue weighted by atomic mass is 10.1. The van der Waals surface area contributed by atoms with Gasteiger partial charge in [-0.25, -0.2) is 0 Å². The minimum absolute atomic E-state index is 0.466. The molecule has 1 rings (SSSR count). The Morgan fingerprint density at radius 3 is 2.75 bits per heavy atom. The van der Waals surface area contributed by atoms with Crippen LogP contribution < -0.4 is 11.5 Å². The molecule has 4 heteroatoms. The van der Waals surface area contributed by atoms with Gasteiger partial charge >= 0.3 is 0 Å². The molecule has 0 aromatic carbocycles. The van der Waals surface area contributed by atoms with Crippen molar-refractivity contribution >= 4 is 18.3 Å². The number of aryl methyl sites for hydroxylation is 1. The highest BCUT2D eigenvalue weighted by molar-refractivity contribution is 7.79. The fourth-order valence-corrected chi connectivity index (χ4v) is 1.45. The van der Waals surface area contributed by atoms with E-state index in [4.69, 9.17) is 11.5 Å². The Labute approximate surface area is 77.6 Å². The van der Waals surface area contributed by atoms with Crippen LogP contribution in [0, 0.1) is 6.92 Å². The van der Waals surface area contributed by atoms with Crippen molar-refractivity contribution in [3.8, 4) is 0 Å². The molecule has 0 radical (unpaired) electrons. The van der Waals surface area contributed by atoms with Gasteiger partial charge in [-0.1, -0.05) is 0 Å². The summed E-state index contributed by atoms with van der Waals surface area (Å²) in [5.41, 5.74) is 14.9. The van der Waals surface area contributed by atoms with E-state index in [1.165, 1.54) is 0 Å². The van der Waals surface area contributed by atoms with E-state index in [0.717, 1.165) is 16.8 Å². The van der Waals surface area contributed by atoms with Crippen LogP contribution in [0.2, 0.25) is 0 Å². The van der Waals surface area contributed by atoms with Gasteiger partial charge in [0.05, 0.1) is 11.4 Å². The maximum absolute atomic E-state index is 5.80. The van der Waals surface area contributed by atoms with Crippen LogP contribution in [0.5, 0.6) is 0 Å². The minimum Gasteiger partial charge on any atom is -0.397 e. The van der Waals surface area contributed by atoms with Gasteiger partial charge in [0.2, 0.25) is 0 Å². The van der Waals surface area contributed by atoms with E-state index >= 15 is 0 Å². The molecular weight excluding hydrogens is 170 g/mol. The van der Waals surface area contributed by atoms with Crippen molar-refractivity contribution in [3.63, 3.8) is 0 Å². The van der Waals surface area contributed by atoms with Gasteiger partial charge in [0.25, 0.3) is 0 Å². The zero-order chi connectivity index (χ0) is 9.14. The number of anilines is 1. The number of nitrogens with zero attached hydrogens (tertiary/aromatic N) is 1. The molecular formula is C8H13N3S. The zero-order valence-corrected chi connectivity index (χ0v) is 7.94. The lowest BCUT2D eigenvalue weighted by Gasteiger charge is -2.09. The lowest BCUT2D eigenvalue weighted by molar-refractivity contribution is 1.01. The van der Waals surface area contributed by atoms with Crippen molar-refractivity contribution in [3.05, 3.63) is 23.0 Å². The molecule has 0 aliphatic rings. The van der Waals surface area contributed by atoms with Gasteiger partial charge in [-0.2, -0.15) is 12.6 Å². The monoisotopic (exact) mass is 183 g/mol. The molecule has 1 aromatic rings. The Balaban J connectivity index is 3.25. The Morgan fingerprint density at radius 1 is 1.58 bits per heavy atom. The maximum Gasteiger partial charge on any atom is 0.0605 e. The predicted octanol–water partition coefficient (Wildman–Crippen LogP) is 0.861. The number of nitrogens with two attached hydrogens (primary N) is 2. The maximum atomic E-state index is 5.80. The molecule has 0 spiro atoms. The van der Waals surface area contributed by atoms with Gasteiger partial charge in [0.15, 0.2) is 0 Å². The highest BCUT2D eigenvalue weighted by Crippen LogP contribution is 2.20. The SMILES string of the molecule is Cc1ncc(CN)c(CS)c1N. The van der Waals surface area contributed by atoms with E-state index in [-0.39, 0.29) is 0 Å². The molecule has 0 amide bonds. The van der Waals surface area contributed by atoms with E-state index in [2.05, 4.69) is 17.6 Å². The highest BCUT2D eigenvalue weighted by atomic mass is 32.1. The summed E-state index contributed by atoms with van der Waals surface area (Å²) in [5.74, 6) is 0.613. The number of aromatic nitrogens is 1. The Morgan fingerprint density at radius 2 is 2.25 bits per heavy atom. The van der Waals surface area contributed by atoms with E-state index < -0.39 is 0 Å². The van der Waals surface area contributed by atoms with Gasteiger partial charge in [-0.05, 0) is 18.1 Å². The van der Waals surface area contributed by atoms with Crippen LogP contribution in [0.1, 0.15) is 16.8 Å². The van der Waals surface area contributed by atoms with Crippen molar-refractivity contribution in [1.29, 1.82) is 0 Å². The van der Waals surface area contributed by atoms with E-state index in [1.54, 1.807) is 6.20 Å². The van der Waals surface area contributed by atoms with Gasteiger partial charge < -0.3 is 11.5 Å². The van der Waals surface area contributed by atoms with E-state index in [1.807, 2.05) is 6.92 Å². The number of nitrogen functional groups attached to an aromatic ring is 1. The number of pyridine rings is 1. The van der Waals surface area contributed by atoms with Crippen molar-refractivity contribution in [2.24, 2.45) is 5.73 Å². The van der Waals surface area contributed by atoms with Gasteiger partial charge in [0.1, 0.15) is 0 Å². The molecule has 0 bridgehead atoms. The molecule has 0 saturated heterocycles. The van der Waals surface area contributed by atoms with Crippen LogP contribution >= 0.6 is 12.6 Å². The third kappa shape index (κ3) is 1.54. The number of rotatable bonds is 2. The Bertz CT molecular complexity index is 286. The fourth-order valence-electron chi connectivity index (χ4n) is 1.08. The van der Waals surface area contributed by atoms with E-state index in [0.29, 0.717) is 18.0 Å². The fraction of sp³-hybridized carbons (Fsp3) is 0.375. The second-order valence-corrected chi connectivity index (χ2v) is 2.94. The molecule has 0 aliphatic carbocycles. The van der Waals surface area contributed by atoms with Gasteiger partial charge in [0, 0.05) is 18.5 Å². The van der Waals surface area contributed by atoms with Crippen molar-refractivity contribution < 1.29 is 0 Å². The zero-order valence-electron chi connectivity index (χ0n) is 7.04. The molecule has 1 heterocycles. The normalized spacial score (nSPS) is 10.2. The average molecular weight is 183 g/mol. The molecule has 3 nitrogen and oxygen atoms in total. The largest absolute Gasteiger partial charge is 0.397 e. The second kappa shape index (κ2) is 3.78. The second-order valence-electron chi connectivity index (χ2n) is 2.62. The quantitative estimate of drug-likeness (QED) is 0.596. The first kappa shape index (κ1) is 9.35. The molecule has 0 unspecified atom stereocenters. The summed E-state index contributed by atoms with van der Waals surface area (Å²) in [6, 6.07) is 0. The molecule has 4 N–H and O–H groups in total. The molecule has 0 aliphatic heterocycles. The average Bonchev–Trinajstić information content (AvgIpc) is 2.09. The van der Waals surface area contributed by atoms with Crippen LogP contribution in [-0.4, -0.2) is 4.98 Å². The first-order valence-electron chi connectivity index (χ1n) is 3.74. The van der Waals surface area contributed by atoms with Crippen LogP contribution in [0.4, 0.5) is 5.69 Å². The smallest absolute Gasteiger partial charge is 0.0605 e. The van der Waals surface area contributed by atoms with Gasteiger partial charge in [-0.15, -0.1) is 0 Å². The summed E-state index contributed by atoms with van der Waals surface area (Å²) < 4.78 is 0. The molecule has 0 fully saturated rings. The summed E-state index contributed by atoms with van der Waals surface area (Å²) in [5, 5.41) is 0.